The van der Waals surface area contributed by atoms with E-state index < -0.39 is 20.0 Å². The SMILES string of the molecule is CCS(=O)(=O)Nc1ccc(S(=O)(=O)Nc2onc(C)c2C)cc1. The maximum atomic E-state index is 12.3. The highest BCUT2D eigenvalue weighted by Crippen LogP contribution is 2.22. The molecule has 0 radical (unpaired) electrons. The van der Waals surface area contributed by atoms with Gasteiger partial charge in [0, 0.05) is 11.3 Å². The normalized spacial score (nSPS) is 12.1. The number of aromatic nitrogens is 1. The number of rotatable bonds is 6. The number of hydrogen-bond acceptors (Lipinski definition) is 6. The van der Waals surface area contributed by atoms with Crippen LogP contribution in [0.2, 0.25) is 0 Å². The Kier molecular flexibility index (Phi) is 4.66. The van der Waals surface area contributed by atoms with Gasteiger partial charge in [-0.25, -0.2) is 21.6 Å². The van der Waals surface area contributed by atoms with Crippen molar-refractivity contribution < 1.29 is 21.4 Å². The van der Waals surface area contributed by atoms with E-state index in [-0.39, 0.29) is 22.2 Å². The van der Waals surface area contributed by atoms with Crippen LogP contribution >= 0.6 is 0 Å². The van der Waals surface area contributed by atoms with Crippen LogP contribution < -0.4 is 9.44 Å². The number of hydrogen-bond donors (Lipinski definition) is 2. The summed E-state index contributed by atoms with van der Waals surface area (Å²) < 4.78 is 57.1. The van der Waals surface area contributed by atoms with Crippen LogP contribution in [0.5, 0.6) is 0 Å². The number of anilines is 2. The molecule has 0 aliphatic carbocycles. The molecular formula is C13H17N3O5S2. The molecule has 2 aromatic rings. The summed E-state index contributed by atoms with van der Waals surface area (Å²) in [5.74, 6) is -0.0168. The lowest BCUT2D eigenvalue weighted by Gasteiger charge is -2.08. The first-order valence-corrected chi connectivity index (χ1v) is 9.84. The second-order valence-electron chi connectivity index (χ2n) is 4.86. The van der Waals surface area contributed by atoms with Gasteiger partial charge in [0.05, 0.1) is 16.3 Å². The van der Waals surface area contributed by atoms with Gasteiger partial charge >= 0.3 is 0 Å². The Morgan fingerprint density at radius 3 is 2.13 bits per heavy atom. The van der Waals surface area contributed by atoms with Crippen molar-refractivity contribution in [1.29, 1.82) is 0 Å². The average Bonchev–Trinajstić information content (AvgIpc) is 2.79. The molecule has 0 amide bonds. The van der Waals surface area contributed by atoms with Gasteiger partial charge in [0.1, 0.15) is 0 Å². The van der Waals surface area contributed by atoms with Crippen LogP contribution in [0.3, 0.4) is 0 Å². The second-order valence-corrected chi connectivity index (χ2v) is 8.55. The molecule has 0 aliphatic heterocycles. The summed E-state index contributed by atoms with van der Waals surface area (Å²) in [6.45, 7) is 4.89. The summed E-state index contributed by atoms with van der Waals surface area (Å²) in [6.07, 6.45) is 0. The van der Waals surface area contributed by atoms with Gasteiger partial charge in [-0.05, 0) is 45.0 Å². The Labute approximate surface area is 135 Å². The van der Waals surface area contributed by atoms with Crippen molar-refractivity contribution in [3.8, 4) is 0 Å². The Morgan fingerprint density at radius 2 is 1.65 bits per heavy atom. The molecule has 2 N–H and O–H groups in total. The predicted molar refractivity (Wildman–Crippen MR) is 86.3 cm³/mol. The Bertz CT molecular complexity index is 900. The summed E-state index contributed by atoms with van der Waals surface area (Å²) in [5, 5.41) is 3.68. The minimum atomic E-state index is -3.85. The average molecular weight is 359 g/mol. The molecule has 0 fully saturated rings. The van der Waals surface area contributed by atoms with Crippen LogP contribution in [0, 0.1) is 13.8 Å². The highest BCUT2D eigenvalue weighted by Gasteiger charge is 2.19. The zero-order chi connectivity index (χ0) is 17.3. The summed E-state index contributed by atoms with van der Waals surface area (Å²) in [4.78, 5) is -0.0228. The Balaban J connectivity index is 2.22. The van der Waals surface area contributed by atoms with Gasteiger partial charge in [-0.2, -0.15) is 0 Å². The van der Waals surface area contributed by atoms with Gasteiger partial charge in [-0.15, -0.1) is 0 Å². The molecule has 1 aromatic heterocycles. The first-order valence-electron chi connectivity index (χ1n) is 6.71. The molecule has 0 aliphatic rings. The van der Waals surface area contributed by atoms with Crippen LogP contribution in [0.25, 0.3) is 0 Å². The number of nitrogens with zero attached hydrogens (tertiary/aromatic N) is 1. The van der Waals surface area contributed by atoms with E-state index in [0.29, 0.717) is 11.3 Å². The smallest absolute Gasteiger partial charge is 0.264 e. The van der Waals surface area contributed by atoms with Crippen LogP contribution in [0.1, 0.15) is 18.2 Å². The molecule has 1 aromatic carbocycles. The minimum absolute atomic E-state index is 0.0228. The van der Waals surface area contributed by atoms with E-state index in [0.717, 1.165) is 0 Å². The lowest BCUT2D eigenvalue weighted by atomic mass is 10.3. The van der Waals surface area contributed by atoms with Crippen molar-refractivity contribution in [1.82, 2.24) is 5.16 Å². The van der Waals surface area contributed by atoms with Crippen molar-refractivity contribution in [2.45, 2.75) is 25.7 Å². The van der Waals surface area contributed by atoms with Crippen LogP contribution in [-0.4, -0.2) is 27.7 Å². The number of nitrogens with one attached hydrogen (secondary N) is 2. The number of benzene rings is 1. The molecular weight excluding hydrogens is 342 g/mol. The van der Waals surface area contributed by atoms with E-state index in [2.05, 4.69) is 14.6 Å². The van der Waals surface area contributed by atoms with Crippen molar-refractivity contribution in [3.05, 3.63) is 35.5 Å². The number of aryl methyl sites for hydroxylation is 1. The van der Waals surface area contributed by atoms with Crippen LogP contribution in [0.4, 0.5) is 11.6 Å². The van der Waals surface area contributed by atoms with Crippen molar-refractivity contribution in [2.75, 3.05) is 15.2 Å². The van der Waals surface area contributed by atoms with Gasteiger partial charge in [-0.1, -0.05) is 5.16 Å². The summed E-state index contributed by atoms with van der Waals surface area (Å²) in [7, 11) is -7.26. The van der Waals surface area contributed by atoms with Crippen molar-refractivity contribution in [3.63, 3.8) is 0 Å². The molecule has 0 bridgehead atoms. The predicted octanol–water partition coefficient (Wildman–Crippen LogP) is 1.85. The standard InChI is InChI=1S/C13H17N3O5S2/c1-4-22(17,18)15-11-5-7-12(8-6-11)23(19,20)16-13-9(2)10(3)14-21-13/h5-8,15-16H,4H2,1-3H3. The fourth-order valence-electron chi connectivity index (χ4n) is 1.65. The first kappa shape index (κ1) is 17.3. The van der Waals surface area contributed by atoms with Gasteiger partial charge < -0.3 is 4.52 Å². The number of sulfonamides is 2. The Hall–Kier alpha value is -2.07. The molecule has 126 valence electrons. The molecule has 0 saturated heterocycles. The summed E-state index contributed by atoms with van der Waals surface area (Å²) >= 11 is 0. The quantitative estimate of drug-likeness (QED) is 0.812. The third kappa shape index (κ3) is 4.02. The Morgan fingerprint density at radius 1 is 1.04 bits per heavy atom. The van der Waals surface area contributed by atoms with E-state index in [1.807, 2.05) is 0 Å². The molecule has 0 spiro atoms. The van der Waals surface area contributed by atoms with E-state index in [1.54, 1.807) is 13.8 Å². The molecule has 23 heavy (non-hydrogen) atoms. The highest BCUT2D eigenvalue weighted by molar-refractivity contribution is 7.93. The lowest BCUT2D eigenvalue weighted by molar-refractivity contribution is 0.430. The maximum Gasteiger partial charge on any atom is 0.264 e. The fraction of sp³-hybridized carbons (Fsp3) is 0.308. The lowest BCUT2D eigenvalue weighted by Crippen LogP contribution is -2.15. The maximum absolute atomic E-state index is 12.3. The van der Waals surface area contributed by atoms with Crippen LogP contribution in [0.15, 0.2) is 33.7 Å². The zero-order valence-electron chi connectivity index (χ0n) is 12.8. The van der Waals surface area contributed by atoms with E-state index in [1.165, 1.54) is 31.2 Å². The third-order valence-electron chi connectivity index (χ3n) is 3.20. The topological polar surface area (TPSA) is 118 Å². The summed E-state index contributed by atoms with van der Waals surface area (Å²) in [5.41, 5.74) is 1.48. The van der Waals surface area contributed by atoms with Gasteiger partial charge in [0.2, 0.25) is 15.9 Å². The van der Waals surface area contributed by atoms with Crippen LogP contribution in [-0.2, 0) is 20.0 Å². The molecule has 1 heterocycles. The van der Waals surface area contributed by atoms with Crippen molar-refractivity contribution in [2.24, 2.45) is 0 Å². The van der Waals surface area contributed by atoms with Crippen molar-refractivity contribution >= 4 is 31.6 Å². The van der Waals surface area contributed by atoms with Gasteiger partial charge in [-0.3, -0.25) is 4.72 Å². The highest BCUT2D eigenvalue weighted by atomic mass is 32.2. The zero-order valence-corrected chi connectivity index (χ0v) is 14.5. The summed E-state index contributed by atoms with van der Waals surface area (Å²) in [6, 6.07) is 5.35. The minimum Gasteiger partial charge on any atom is -0.337 e. The van der Waals surface area contributed by atoms with E-state index in [9.17, 15) is 16.8 Å². The molecule has 0 unspecified atom stereocenters. The van der Waals surface area contributed by atoms with E-state index in [4.69, 9.17) is 4.52 Å². The van der Waals surface area contributed by atoms with E-state index >= 15 is 0 Å². The second kappa shape index (κ2) is 6.20. The monoisotopic (exact) mass is 359 g/mol. The molecule has 8 nitrogen and oxygen atoms in total. The first-order chi connectivity index (χ1) is 10.6. The molecule has 2 rings (SSSR count). The molecule has 0 saturated carbocycles. The fourth-order valence-corrected chi connectivity index (χ4v) is 3.33. The molecule has 10 heteroatoms. The van der Waals surface area contributed by atoms with Gasteiger partial charge in [0.25, 0.3) is 10.0 Å². The molecule has 0 atom stereocenters. The van der Waals surface area contributed by atoms with Gasteiger partial charge in [0.15, 0.2) is 0 Å². The third-order valence-corrected chi connectivity index (χ3v) is 5.86. The largest absolute Gasteiger partial charge is 0.337 e.